The van der Waals surface area contributed by atoms with Crippen LogP contribution in [0.4, 0.5) is 5.69 Å². The Hall–Kier alpha value is -2.29. The quantitative estimate of drug-likeness (QED) is 0.864. The molecule has 0 heterocycles. The highest BCUT2D eigenvalue weighted by Gasteiger charge is 2.09. The lowest BCUT2D eigenvalue weighted by Gasteiger charge is -2.12. The van der Waals surface area contributed by atoms with Crippen LogP contribution in [0.5, 0.6) is 5.75 Å². The van der Waals surface area contributed by atoms with Crippen LogP contribution in [0, 0.1) is 13.8 Å². The van der Waals surface area contributed by atoms with Gasteiger partial charge < -0.3 is 10.1 Å². The van der Waals surface area contributed by atoms with E-state index in [1.54, 1.807) is 0 Å². The van der Waals surface area contributed by atoms with Gasteiger partial charge in [-0.05, 0) is 49.1 Å². The number of aryl methyl sites for hydroxylation is 2. The van der Waals surface area contributed by atoms with E-state index in [1.165, 1.54) is 11.1 Å². The van der Waals surface area contributed by atoms with Crippen LogP contribution in [0.2, 0.25) is 0 Å². The van der Waals surface area contributed by atoms with Crippen molar-refractivity contribution >= 4 is 11.6 Å². The van der Waals surface area contributed by atoms with Crippen LogP contribution in [0.1, 0.15) is 30.0 Å². The largest absolute Gasteiger partial charge is 0.491 e. The van der Waals surface area contributed by atoms with E-state index in [2.05, 4.69) is 38.2 Å². The van der Waals surface area contributed by atoms with E-state index in [4.69, 9.17) is 4.74 Å². The zero-order valence-electron chi connectivity index (χ0n) is 13.5. The predicted molar refractivity (Wildman–Crippen MR) is 90.5 cm³/mol. The summed E-state index contributed by atoms with van der Waals surface area (Å²) in [5.74, 6) is 0.689. The predicted octanol–water partition coefficient (Wildman–Crippen LogP) is 4.27. The van der Waals surface area contributed by atoms with Crippen molar-refractivity contribution in [3.05, 3.63) is 59.2 Å². The van der Waals surface area contributed by atoms with Crippen LogP contribution in [0.25, 0.3) is 0 Å². The van der Waals surface area contributed by atoms with Gasteiger partial charge in [-0.3, -0.25) is 4.79 Å². The van der Waals surface area contributed by atoms with Gasteiger partial charge in [-0.15, -0.1) is 0 Å². The Bertz CT molecular complexity index is 650. The summed E-state index contributed by atoms with van der Waals surface area (Å²) in [7, 11) is 0. The molecule has 0 bridgehead atoms. The second-order valence-corrected chi connectivity index (χ2v) is 5.49. The topological polar surface area (TPSA) is 38.3 Å². The van der Waals surface area contributed by atoms with Crippen molar-refractivity contribution in [2.24, 2.45) is 0 Å². The molecule has 3 nitrogen and oxygen atoms in total. The van der Waals surface area contributed by atoms with Crippen molar-refractivity contribution < 1.29 is 9.53 Å². The van der Waals surface area contributed by atoms with Crippen molar-refractivity contribution in [1.82, 2.24) is 0 Å². The number of carbonyl (C=O) groups is 1. The molecule has 2 rings (SSSR count). The molecule has 2 aromatic rings. The number of rotatable bonds is 6. The summed E-state index contributed by atoms with van der Waals surface area (Å²) in [5, 5.41) is 2.94. The average Bonchev–Trinajstić information content (AvgIpc) is 2.50. The maximum absolute atomic E-state index is 12.2. The Morgan fingerprint density at radius 2 is 1.86 bits per heavy atom. The van der Waals surface area contributed by atoms with E-state index in [-0.39, 0.29) is 5.91 Å². The maximum Gasteiger partial charge on any atom is 0.228 e. The SMILES string of the molecule is CCCOc1ccccc1NC(=O)Cc1ccc(C)c(C)c1. The number of benzene rings is 2. The van der Waals surface area contributed by atoms with E-state index in [0.717, 1.165) is 23.4 Å². The molecule has 0 spiro atoms. The van der Waals surface area contributed by atoms with Gasteiger partial charge in [-0.25, -0.2) is 0 Å². The number of ether oxygens (including phenoxy) is 1. The summed E-state index contributed by atoms with van der Waals surface area (Å²) in [4.78, 5) is 12.2. The number of hydrogen-bond acceptors (Lipinski definition) is 2. The lowest BCUT2D eigenvalue weighted by atomic mass is 10.0. The highest BCUT2D eigenvalue weighted by Crippen LogP contribution is 2.24. The fourth-order valence-electron chi connectivity index (χ4n) is 2.20. The first-order valence-corrected chi connectivity index (χ1v) is 7.68. The maximum atomic E-state index is 12.2. The number of hydrogen-bond donors (Lipinski definition) is 1. The molecule has 3 heteroatoms. The molecular formula is C19H23NO2. The van der Waals surface area contributed by atoms with Gasteiger partial charge in [-0.2, -0.15) is 0 Å². The summed E-state index contributed by atoms with van der Waals surface area (Å²) in [5.41, 5.74) is 4.19. The van der Waals surface area contributed by atoms with E-state index >= 15 is 0 Å². The Kier molecular flexibility index (Phi) is 5.59. The van der Waals surface area contributed by atoms with Gasteiger partial charge in [0.15, 0.2) is 0 Å². The van der Waals surface area contributed by atoms with Gasteiger partial charge in [0.1, 0.15) is 5.75 Å². The van der Waals surface area contributed by atoms with Crippen LogP contribution in [0.15, 0.2) is 42.5 Å². The normalized spacial score (nSPS) is 10.3. The van der Waals surface area contributed by atoms with Gasteiger partial charge in [0.25, 0.3) is 0 Å². The van der Waals surface area contributed by atoms with E-state index in [0.29, 0.717) is 13.0 Å². The smallest absolute Gasteiger partial charge is 0.228 e. The highest BCUT2D eigenvalue weighted by atomic mass is 16.5. The monoisotopic (exact) mass is 297 g/mol. The number of amides is 1. The molecule has 0 aliphatic carbocycles. The fraction of sp³-hybridized carbons (Fsp3) is 0.316. The van der Waals surface area contributed by atoms with Gasteiger partial charge >= 0.3 is 0 Å². The molecule has 1 amide bonds. The molecule has 0 saturated heterocycles. The Morgan fingerprint density at radius 1 is 1.09 bits per heavy atom. The summed E-state index contributed by atoms with van der Waals surface area (Å²) in [6.07, 6.45) is 1.30. The van der Waals surface area contributed by atoms with E-state index in [1.807, 2.05) is 30.3 Å². The van der Waals surface area contributed by atoms with Gasteiger partial charge in [0, 0.05) is 0 Å². The van der Waals surface area contributed by atoms with E-state index in [9.17, 15) is 4.79 Å². The molecule has 0 aliphatic heterocycles. The van der Waals surface area contributed by atoms with Crippen LogP contribution in [-0.2, 0) is 11.2 Å². The third-order valence-electron chi connectivity index (χ3n) is 3.56. The lowest BCUT2D eigenvalue weighted by molar-refractivity contribution is -0.115. The van der Waals surface area contributed by atoms with Crippen LogP contribution >= 0.6 is 0 Å². The first-order chi connectivity index (χ1) is 10.6. The van der Waals surface area contributed by atoms with Crippen LogP contribution < -0.4 is 10.1 Å². The average molecular weight is 297 g/mol. The van der Waals surface area contributed by atoms with Crippen molar-refractivity contribution in [3.8, 4) is 5.75 Å². The van der Waals surface area contributed by atoms with Gasteiger partial charge in [0.05, 0.1) is 18.7 Å². The molecule has 0 saturated carbocycles. The highest BCUT2D eigenvalue weighted by molar-refractivity contribution is 5.93. The first-order valence-electron chi connectivity index (χ1n) is 7.68. The van der Waals surface area contributed by atoms with Crippen molar-refractivity contribution in [2.75, 3.05) is 11.9 Å². The van der Waals surface area contributed by atoms with Crippen molar-refractivity contribution in [2.45, 2.75) is 33.6 Å². The molecule has 2 aromatic carbocycles. The summed E-state index contributed by atoms with van der Waals surface area (Å²) >= 11 is 0. The molecule has 0 fully saturated rings. The van der Waals surface area contributed by atoms with Crippen molar-refractivity contribution in [3.63, 3.8) is 0 Å². The fourth-order valence-corrected chi connectivity index (χ4v) is 2.20. The lowest BCUT2D eigenvalue weighted by Crippen LogP contribution is -2.15. The number of nitrogens with one attached hydrogen (secondary N) is 1. The Balaban J connectivity index is 2.04. The zero-order chi connectivity index (χ0) is 15.9. The Morgan fingerprint density at radius 3 is 2.59 bits per heavy atom. The Labute approximate surface area is 132 Å². The first kappa shape index (κ1) is 16.1. The third kappa shape index (κ3) is 4.35. The number of carbonyl (C=O) groups excluding carboxylic acids is 1. The molecular weight excluding hydrogens is 274 g/mol. The molecule has 0 aliphatic rings. The van der Waals surface area contributed by atoms with E-state index < -0.39 is 0 Å². The minimum absolute atomic E-state index is 0.0317. The second kappa shape index (κ2) is 7.64. The molecule has 0 aromatic heterocycles. The molecule has 1 N–H and O–H groups in total. The van der Waals surface area contributed by atoms with Crippen LogP contribution in [0.3, 0.4) is 0 Å². The van der Waals surface area contributed by atoms with Crippen LogP contribution in [-0.4, -0.2) is 12.5 Å². The summed E-state index contributed by atoms with van der Waals surface area (Å²) in [6.45, 7) is 6.83. The third-order valence-corrected chi connectivity index (χ3v) is 3.56. The molecule has 22 heavy (non-hydrogen) atoms. The minimum Gasteiger partial charge on any atom is -0.491 e. The molecule has 0 unspecified atom stereocenters. The minimum atomic E-state index is -0.0317. The zero-order valence-corrected chi connectivity index (χ0v) is 13.5. The molecule has 116 valence electrons. The summed E-state index contributed by atoms with van der Waals surface area (Å²) < 4.78 is 5.66. The molecule has 0 radical (unpaired) electrons. The second-order valence-electron chi connectivity index (χ2n) is 5.49. The van der Waals surface area contributed by atoms with Gasteiger partial charge in [-0.1, -0.05) is 37.3 Å². The molecule has 0 atom stereocenters. The number of anilines is 1. The number of para-hydroxylation sites is 2. The summed E-state index contributed by atoms with van der Waals surface area (Å²) in [6, 6.07) is 13.7. The standard InChI is InChI=1S/C19H23NO2/c1-4-11-22-18-8-6-5-7-17(18)20-19(21)13-16-10-9-14(2)15(3)12-16/h5-10,12H,4,11,13H2,1-3H3,(H,20,21). The van der Waals surface area contributed by atoms with Crippen molar-refractivity contribution in [1.29, 1.82) is 0 Å². The van der Waals surface area contributed by atoms with Gasteiger partial charge in [0.2, 0.25) is 5.91 Å².